The highest BCUT2D eigenvalue weighted by Crippen LogP contribution is 2.40. The predicted octanol–water partition coefficient (Wildman–Crippen LogP) is 3.41. The van der Waals surface area contributed by atoms with Crippen molar-refractivity contribution in [3.05, 3.63) is 35.4 Å². The zero-order valence-electron chi connectivity index (χ0n) is 16.5. The fraction of sp³-hybridized carbons (Fsp3) is 0.667. The largest absolute Gasteiger partial charge is 0.384 e. The Morgan fingerprint density at radius 2 is 2.00 bits per heavy atom. The van der Waals surface area contributed by atoms with Crippen LogP contribution in [0.3, 0.4) is 0 Å². The Morgan fingerprint density at radius 1 is 1.27 bits per heavy atom. The molecule has 1 heterocycles. The van der Waals surface area contributed by atoms with E-state index in [0.29, 0.717) is 0 Å². The minimum atomic E-state index is 0.0762. The molecule has 5 nitrogen and oxygen atoms in total. The highest BCUT2D eigenvalue weighted by atomic mass is 16.5. The van der Waals surface area contributed by atoms with E-state index >= 15 is 0 Å². The first-order valence-electron chi connectivity index (χ1n) is 9.80. The second-order valence-corrected chi connectivity index (χ2v) is 8.28. The van der Waals surface area contributed by atoms with Crippen LogP contribution in [-0.4, -0.2) is 56.7 Å². The summed E-state index contributed by atoms with van der Waals surface area (Å²) in [6, 6.07) is 9.02. The number of hydrogen-bond donors (Lipinski definition) is 1. The van der Waals surface area contributed by atoms with Crippen LogP contribution in [0.4, 0.5) is 4.79 Å². The summed E-state index contributed by atoms with van der Waals surface area (Å²) in [6.45, 7) is 3.25. The van der Waals surface area contributed by atoms with Crippen LogP contribution in [0.5, 0.6) is 0 Å². The van der Waals surface area contributed by atoms with E-state index in [0.717, 1.165) is 51.9 Å². The van der Waals surface area contributed by atoms with Crippen LogP contribution in [0.15, 0.2) is 24.3 Å². The molecule has 26 heavy (non-hydrogen) atoms. The molecule has 1 aromatic carbocycles. The number of amides is 2. The summed E-state index contributed by atoms with van der Waals surface area (Å²) in [5.74, 6) is 0. The summed E-state index contributed by atoms with van der Waals surface area (Å²) in [5, 5.41) is 3.19. The van der Waals surface area contributed by atoms with Crippen molar-refractivity contribution in [2.75, 3.05) is 40.9 Å². The van der Waals surface area contributed by atoms with Gasteiger partial charge in [0.2, 0.25) is 0 Å². The van der Waals surface area contributed by atoms with Gasteiger partial charge in [0.05, 0.1) is 12.6 Å². The summed E-state index contributed by atoms with van der Waals surface area (Å²) < 4.78 is 5.37. The number of ether oxygens (including phenoxy) is 1. The number of urea groups is 1. The van der Waals surface area contributed by atoms with Crippen molar-refractivity contribution < 1.29 is 9.53 Å². The smallest absolute Gasteiger partial charge is 0.317 e. The quantitative estimate of drug-likeness (QED) is 0.811. The fourth-order valence-corrected chi connectivity index (χ4v) is 4.29. The molecule has 0 unspecified atom stereocenters. The van der Waals surface area contributed by atoms with Gasteiger partial charge >= 0.3 is 6.03 Å². The topological polar surface area (TPSA) is 44.8 Å². The number of carbonyl (C=O) groups excluding carboxylic acids is 1. The molecule has 2 amide bonds. The SMILES string of the molecule is COCC1(CNC(=O)N2CCC[C@H]2c2ccc(CN(C)C)cc2)CCC1. The van der Waals surface area contributed by atoms with Gasteiger partial charge < -0.3 is 19.9 Å². The van der Waals surface area contributed by atoms with E-state index in [9.17, 15) is 4.79 Å². The normalized spacial score (nSPS) is 21.7. The zero-order chi connectivity index (χ0) is 18.6. The number of nitrogens with zero attached hydrogens (tertiary/aromatic N) is 2. The van der Waals surface area contributed by atoms with Crippen LogP contribution >= 0.6 is 0 Å². The molecule has 3 rings (SSSR count). The Balaban J connectivity index is 1.59. The van der Waals surface area contributed by atoms with Gasteiger partial charge in [-0.25, -0.2) is 4.79 Å². The molecule has 0 aromatic heterocycles. The van der Waals surface area contributed by atoms with Crippen molar-refractivity contribution in [3.8, 4) is 0 Å². The molecular weight excluding hydrogens is 326 g/mol. The Morgan fingerprint density at radius 3 is 2.58 bits per heavy atom. The highest BCUT2D eigenvalue weighted by Gasteiger charge is 2.38. The average Bonchev–Trinajstić information content (AvgIpc) is 3.07. The molecule has 0 radical (unpaired) electrons. The van der Waals surface area contributed by atoms with Crippen molar-refractivity contribution in [1.29, 1.82) is 0 Å². The number of hydrogen-bond acceptors (Lipinski definition) is 3. The molecule has 1 N–H and O–H groups in total. The first-order valence-corrected chi connectivity index (χ1v) is 9.80. The molecule has 0 spiro atoms. The van der Waals surface area contributed by atoms with Gasteiger partial charge in [0.15, 0.2) is 0 Å². The monoisotopic (exact) mass is 359 g/mol. The number of nitrogens with one attached hydrogen (secondary N) is 1. The third-order valence-corrected chi connectivity index (χ3v) is 5.86. The fourth-order valence-electron chi connectivity index (χ4n) is 4.29. The third kappa shape index (κ3) is 4.38. The van der Waals surface area contributed by atoms with Crippen LogP contribution in [0.1, 0.15) is 49.3 Å². The number of methoxy groups -OCH3 is 1. The molecule has 1 aliphatic carbocycles. The lowest BCUT2D eigenvalue weighted by Gasteiger charge is -2.41. The Bertz CT molecular complexity index is 596. The third-order valence-electron chi connectivity index (χ3n) is 5.86. The van der Waals surface area contributed by atoms with Crippen molar-refractivity contribution in [3.63, 3.8) is 0 Å². The maximum Gasteiger partial charge on any atom is 0.317 e. The van der Waals surface area contributed by atoms with E-state index in [4.69, 9.17) is 4.74 Å². The van der Waals surface area contributed by atoms with Gasteiger partial charge in [0, 0.05) is 32.2 Å². The summed E-state index contributed by atoms with van der Waals surface area (Å²) in [5.41, 5.74) is 2.71. The molecule has 1 aliphatic heterocycles. The molecule has 1 atom stereocenters. The van der Waals surface area contributed by atoms with Crippen molar-refractivity contribution in [1.82, 2.24) is 15.1 Å². The Hall–Kier alpha value is -1.59. The lowest BCUT2D eigenvalue weighted by molar-refractivity contribution is 0.0189. The van der Waals surface area contributed by atoms with Gasteiger partial charge in [-0.2, -0.15) is 0 Å². The molecule has 144 valence electrons. The van der Waals surface area contributed by atoms with Crippen LogP contribution < -0.4 is 5.32 Å². The van der Waals surface area contributed by atoms with Gasteiger partial charge in [0.1, 0.15) is 0 Å². The van der Waals surface area contributed by atoms with E-state index in [1.165, 1.54) is 17.5 Å². The van der Waals surface area contributed by atoms with Crippen LogP contribution in [0.2, 0.25) is 0 Å². The van der Waals surface area contributed by atoms with Crippen LogP contribution in [-0.2, 0) is 11.3 Å². The number of carbonyl (C=O) groups is 1. The van der Waals surface area contributed by atoms with E-state index < -0.39 is 0 Å². The number of likely N-dealkylation sites (tertiary alicyclic amines) is 1. The van der Waals surface area contributed by atoms with Crippen LogP contribution in [0.25, 0.3) is 0 Å². The van der Waals surface area contributed by atoms with Crippen molar-refractivity contribution >= 4 is 6.03 Å². The summed E-state index contributed by atoms with van der Waals surface area (Å²) in [6.07, 6.45) is 5.66. The number of rotatable bonds is 7. The van der Waals surface area contributed by atoms with E-state index in [-0.39, 0.29) is 17.5 Å². The second kappa shape index (κ2) is 8.40. The van der Waals surface area contributed by atoms with Gasteiger partial charge in [-0.1, -0.05) is 30.7 Å². The minimum absolute atomic E-state index is 0.0762. The standard InChI is InChI=1S/C21H33N3O2/c1-23(2)14-17-7-9-18(10-8-17)19-6-4-13-24(19)20(25)22-15-21(16-26-3)11-5-12-21/h7-10,19H,4-6,11-16H2,1-3H3,(H,22,25)/t19-/m0/s1. The maximum absolute atomic E-state index is 12.8. The molecule has 2 aliphatic rings. The summed E-state index contributed by atoms with van der Waals surface area (Å²) in [7, 11) is 5.91. The predicted molar refractivity (Wildman–Crippen MR) is 104 cm³/mol. The second-order valence-electron chi connectivity index (χ2n) is 8.28. The Labute approximate surface area is 157 Å². The zero-order valence-corrected chi connectivity index (χ0v) is 16.5. The minimum Gasteiger partial charge on any atom is -0.384 e. The molecular formula is C21H33N3O2. The number of benzene rings is 1. The van der Waals surface area contributed by atoms with Gasteiger partial charge in [-0.05, 0) is 50.9 Å². The van der Waals surface area contributed by atoms with Crippen molar-refractivity contribution in [2.24, 2.45) is 5.41 Å². The Kier molecular flexibility index (Phi) is 6.20. The molecule has 1 saturated heterocycles. The highest BCUT2D eigenvalue weighted by molar-refractivity contribution is 5.75. The van der Waals surface area contributed by atoms with E-state index in [1.54, 1.807) is 7.11 Å². The lowest BCUT2D eigenvalue weighted by Crippen LogP contribution is -2.48. The van der Waals surface area contributed by atoms with Gasteiger partial charge in [0.25, 0.3) is 0 Å². The summed E-state index contributed by atoms with van der Waals surface area (Å²) in [4.78, 5) is 17.0. The van der Waals surface area contributed by atoms with E-state index in [2.05, 4.69) is 48.6 Å². The van der Waals surface area contributed by atoms with Crippen LogP contribution in [0, 0.1) is 5.41 Å². The first-order chi connectivity index (χ1) is 12.5. The van der Waals surface area contributed by atoms with Crippen molar-refractivity contribution in [2.45, 2.75) is 44.7 Å². The van der Waals surface area contributed by atoms with E-state index in [1.807, 2.05) is 4.90 Å². The molecule has 1 saturated carbocycles. The van der Waals surface area contributed by atoms with Gasteiger partial charge in [-0.3, -0.25) is 0 Å². The molecule has 1 aromatic rings. The average molecular weight is 360 g/mol. The maximum atomic E-state index is 12.8. The molecule has 5 heteroatoms. The molecule has 0 bridgehead atoms. The van der Waals surface area contributed by atoms with Gasteiger partial charge in [-0.15, -0.1) is 0 Å². The molecule has 2 fully saturated rings. The summed E-state index contributed by atoms with van der Waals surface area (Å²) >= 11 is 0. The first kappa shape index (κ1) is 19.2. The lowest BCUT2D eigenvalue weighted by atomic mass is 9.69.